The molecule has 0 saturated carbocycles. The van der Waals surface area contributed by atoms with Gasteiger partial charge in [-0.3, -0.25) is 0 Å². The Labute approximate surface area is 126 Å². The van der Waals surface area contributed by atoms with Crippen molar-refractivity contribution in [3.8, 4) is 11.5 Å². The summed E-state index contributed by atoms with van der Waals surface area (Å²) in [6.07, 6.45) is 0. The van der Waals surface area contributed by atoms with E-state index in [4.69, 9.17) is 4.74 Å². The number of para-hydroxylation sites is 3. The van der Waals surface area contributed by atoms with Crippen LogP contribution in [0, 0.1) is 5.21 Å². The van der Waals surface area contributed by atoms with Gasteiger partial charge in [-0.1, -0.05) is 30.3 Å². The van der Waals surface area contributed by atoms with Crippen LogP contribution in [-0.2, 0) is 0 Å². The molecule has 0 fully saturated rings. The van der Waals surface area contributed by atoms with Gasteiger partial charge in [0.2, 0.25) is 11.0 Å². The number of aromatic nitrogens is 2. The fourth-order valence-electron chi connectivity index (χ4n) is 2.44. The Bertz CT molecular complexity index is 968. The van der Waals surface area contributed by atoms with E-state index >= 15 is 0 Å². The van der Waals surface area contributed by atoms with Gasteiger partial charge in [-0.15, -0.1) is 0 Å². The number of benzene rings is 3. The number of rotatable bonds is 2. The third kappa shape index (κ3) is 2.11. The second-order valence-corrected chi connectivity index (χ2v) is 4.96. The Hall–Kier alpha value is -3.14. The van der Waals surface area contributed by atoms with E-state index in [9.17, 15) is 5.21 Å². The van der Waals surface area contributed by atoms with Gasteiger partial charge in [0.05, 0.1) is 6.07 Å². The van der Waals surface area contributed by atoms with Crippen LogP contribution in [0.2, 0.25) is 0 Å². The van der Waals surface area contributed by atoms with E-state index in [0.29, 0.717) is 27.8 Å². The summed E-state index contributed by atoms with van der Waals surface area (Å²) in [5.41, 5.74) is 2.37. The van der Waals surface area contributed by atoms with Gasteiger partial charge in [0.1, 0.15) is 22.5 Å². The zero-order valence-corrected chi connectivity index (χ0v) is 11.6. The smallest absolute Gasteiger partial charge is 0.246 e. The standard InChI is InChI=1S/C18H12N2O2/c21-20-17-9-5-4-8-15(17)19-16-11-10-14(12-18(16)20)22-13-6-2-1-3-7-13/h1-12H. The number of ether oxygens (including phenoxy) is 1. The van der Waals surface area contributed by atoms with Crippen LogP contribution in [0.15, 0.2) is 72.8 Å². The van der Waals surface area contributed by atoms with Crippen molar-refractivity contribution in [2.24, 2.45) is 0 Å². The van der Waals surface area contributed by atoms with Crippen LogP contribution >= 0.6 is 0 Å². The molecule has 22 heavy (non-hydrogen) atoms. The third-order valence-electron chi connectivity index (χ3n) is 3.49. The minimum Gasteiger partial charge on any atom is -0.618 e. The van der Waals surface area contributed by atoms with Crippen LogP contribution in [0.1, 0.15) is 0 Å². The van der Waals surface area contributed by atoms with Crippen molar-refractivity contribution < 1.29 is 9.47 Å². The molecule has 0 unspecified atom stereocenters. The Balaban J connectivity index is 1.86. The minimum absolute atomic E-state index is 0.493. The molecule has 0 bridgehead atoms. The fraction of sp³-hybridized carbons (Fsp3) is 0. The molecule has 0 aliphatic heterocycles. The van der Waals surface area contributed by atoms with Crippen LogP contribution in [0.4, 0.5) is 0 Å². The monoisotopic (exact) mass is 288 g/mol. The highest BCUT2D eigenvalue weighted by molar-refractivity contribution is 5.82. The number of hydrogen-bond donors (Lipinski definition) is 0. The molecule has 1 aromatic heterocycles. The lowest BCUT2D eigenvalue weighted by molar-refractivity contribution is -0.548. The van der Waals surface area contributed by atoms with Crippen LogP contribution in [0.25, 0.3) is 22.1 Å². The molecule has 106 valence electrons. The predicted molar refractivity (Wildman–Crippen MR) is 84.7 cm³/mol. The topological polar surface area (TPSA) is 49.1 Å². The maximum absolute atomic E-state index is 12.5. The zero-order valence-electron chi connectivity index (χ0n) is 11.6. The van der Waals surface area contributed by atoms with Gasteiger partial charge in [-0.05, 0) is 30.3 Å². The van der Waals surface area contributed by atoms with E-state index in [1.54, 1.807) is 18.2 Å². The van der Waals surface area contributed by atoms with Crippen LogP contribution in [0.5, 0.6) is 11.5 Å². The first-order valence-corrected chi connectivity index (χ1v) is 6.96. The molecule has 0 aliphatic rings. The van der Waals surface area contributed by atoms with E-state index < -0.39 is 0 Å². The molecule has 4 nitrogen and oxygen atoms in total. The van der Waals surface area contributed by atoms with Crippen molar-refractivity contribution in [3.63, 3.8) is 0 Å². The van der Waals surface area contributed by atoms with Crippen molar-refractivity contribution in [2.45, 2.75) is 0 Å². The summed E-state index contributed by atoms with van der Waals surface area (Å²) in [4.78, 5) is 4.51. The Morgan fingerprint density at radius 1 is 0.727 bits per heavy atom. The lowest BCUT2D eigenvalue weighted by Gasteiger charge is -2.08. The molecule has 0 aliphatic carbocycles. The van der Waals surface area contributed by atoms with E-state index in [0.717, 1.165) is 10.5 Å². The molecule has 0 spiro atoms. The lowest BCUT2D eigenvalue weighted by atomic mass is 10.2. The van der Waals surface area contributed by atoms with E-state index in [2.05, 4.69) is 4.98 Å². The second kappa shape index (κ2) is 5.00. The minimum atomic E-state index is 0.493. The quantitative estimate of drug-likeness (QED) is 0.320. The summed E-state index contributed by atoms with van der Waals surface area (Å²) in [6.45, 7) is 0. The summed E-state index contributed by atoms with van der Waals surface area (Å²) in [5, 5.41) is 12.5. The van der Waals surface area contributed by atoms with Gasteiger partial charge in [0, 0.05) is 6.07 Å². The number of hydrogen-bond acceptors (Lipinski definition) is 3. The van der Waals surface area contributed by atoms with Crippen LogP contribution in [-0.4, -0.2) is 4.98 Å². The largest absolute Gasteiger partial charge is 0.618 e. The molecule has 0 radical (unpaired) electrons. The molecule has 0 saturated heterocycles. The van der Waals surface area contributed by atoms with Gasteiger partial charge in [0.25, 0.3) is 0 Å². The maximum Gasteiger partial charge on any atom is 0.246 e. The van der Waals surface area contributed by atoms with Crippen molar-refractivity contribution in [3.05, 3.63) is 78.0 Å². The molecule has 3 aromatic carbocycles. The average molecular weight is 288 g/mol. The Kier molecular flexibility index (Phi) is 2.86. The highest BCUT2D eigenvalue weighted by Crippen LogP contribution is 2.24. The zero-order chi connectivity index (χ0) is 14.9. The van der Waals surface area contributed by atoms with Crippen LogP contribution < -0.4 is 9.47 Å². The molecule has 0 N–H and O–H groups in total. The molecule has 4 rings (SSSR count). The average Bonchev–Trinajstić information content (AvgIpc) is 2.57. The van der Waals surface area contributed by atoms with Gasteiger partial charge in [-0.2, -0.15) is 4.73 Å². The van der Waals surface area contributed by atoms with E-state index in [-0.39, 0.29) is 0 Å². The summed E-state index contributed by atoms with van der Waals surface area (Å²) in [7, 11) is 0. The van der Waals surface area contributed by atoms with Crippen LogP contribution in [0.3, 0.4) is 0 Å². The highest BCUT2D eigenvalue weighted by Gasteiger charge is 2.12. The van der Waals surface area contributed by atoms with Crippen molar-refractivity contribution in [2.75, 3.05) is 0 Å². The van der Waals surface area contributed by atoms with E-state index in [1.807, 2.05) is 54.6 Å². The maximum atomic E-state index is 12.5. The molecule has 4 aromatic rings. The Morgan fingerprint density at radius 2 is 1.45 bits per heavy atom. The predicted octanol–water partition coefficient (Wildman–Crippen LogP) is 3.81. The first-order chi connectivity index (χ1) is 10.8. The summed E-state index contributed by atoms with van der Waals surface area (Å²) in [6, 6.07) is 22.1. The highest BCUT2D eigenvalue weighted by atomic mass is 16.5. The van der Waals surface area contributed by atoms with E-state index in [1.165, 1.54) is 0 Å². The first kappa shape index (κ1) is 12.6. The molecule has 4 heteroatoms. The molecule has 0 amide bonds. The molecular weight excluding hydrogens is 276 g/mol. The summed E-state index contributed by atoms with van der Waals surface area (Å²) in [5.74, 6) is 1.34. The number of fused-ring (bicyclic) bond motifs is 2. The van der Waals surface area contributed by atoms with Crippen molar-refractivity contribution in [1.82, 2.24) is 4.98 Å². The van der Waals surface area contributed by atoms with Gasteiger partial charge < -0.3 is 9.94 Å². The van der Waals surface area contributed by atoms with Gasteiger partial charge >= 0.3 is 0 Å². The molecule has 0 atom stereocenters. The SMILES string of the molecule is [O-][n+]1c2ccccc2nc2ccc(Oc3ccccc3)cc21. The normalized spacial score (nSPS) is 10.9. The van der Waals surface area contributed by atoms with Gasteiger partial charge in [-0.25, -0.2) is 4.98 Å². The number of nitrogens with zero attached hydrogens (tertiary/aromatic N) is 2. The third-order valence-corrected chi connectivity index (χ3v) is 3.49. The van der Waals surface area contributed by atoms with Gasteiger partial charge in [0.15, 0.2) is 0 Å². The lowest BCUT2D eigenvalue weighted by Crippen LogP contribution is -2.28. The summed E-state index contributed by atoms with van der Waals surface area (Å²) >= 11 is 0. The van der Waals surface area contributed by atoms with Crippen molar-refractivity contribution >= 4 is 22.1 Å². The molecular formula is C18H12N2O2. The van der Waals surface area contributed by atoms with Crippen molar-refractivity contribution in [1.29, 1.82) is 0 Å². The Morgan fingerprint density at radius 3 is 2.32 bits per heavy atom. The summed E-state index contributed by atoms with van der Waals surface area (Å²) < 4.78 is 6.67. The second-order valence-electron chi connectivity index (χ2n) is 4.96. The molecule has 1 heterocycles. The fourth-order valence-corrected chi connectivity index (χ4v) is 2.44. The first-order valence-electron chi connectivity index (χ1n) is 6.96.